The summed E-state index contributed by atoms with van der Waals surface area (Å²) in [5.74, 6) is 2.39. The van der Waals surface area contributed by atoms with E-state index in [-0.39, 0.29) is 24.0 Å². The summed E-state index contributed by atoms with van der Waals surface area (Å²) in [5.41, 5.74) is -0.744. The van der Waals surface area contributed by atoms with E-state index in [0.717, 1.165) is 44.2 Å². The van der Waals surface area contributed by atoms with Crippen LogP contribution in [0.1, 0.15) is 31.7 Å². The fourth-order valence-electron chi connectivity index (χ4n) is 2.07. The van der Waals surface area contributed by atoms with Gasteiger partial charge < -0.3 is 16.0 Å². The number of guanidine groups is 1. The third-order valence-electron chi connectivity index (χ3n) is 3.41. The van der Waals surface area contributed by atoms with Gasteiger partial charge >= 0.3 is 6.18 Å². The number of aromatic nitrogens is 1. The Morgan fingerprint density at radius 2 is 1.93 bits per heavy atom. The topological polar surface area (TPSA) is 61.3 Å². The average Bonchev–Trinajstić information content (AvgIpc) is 2.60. The van der Waals surface area contributed by atoms with E-state index in [0.29, 0.717) is 18.9 Å². The molecule has 10 heteroatoms. The zero-order valence-electron chi connectivity index (χ0n) is 15.7. The van der Waals surface area contributed by atoms with Crippen LogP contribution in [0.4, 0.5) is 19.0 Å². The highest BCUT2D eigenvalue weighted by Crippen LogP contribution is 2.28. The minimum absolute atomic E-state index is 0. The minimum Gasteiger partial charge on any atom is -0.370 e. The monoisotopic (exact) mass is 519 g/mol. The van der Waals surface area contributed by atoms with Crippen molar-refractivity contribution < 1.29 is 13.2 Å². The van der Waals surface area contributed by atoms with Gasteiger partial charge in [0.2, 0.25) is 0 Å². The van der Waals surface area contributed by atoms with Gasteiger partial charge in [-0.1, -0.05) is 0 Å². The van der Waals surface area contributed by atoms with Crippen molar-refractivity contribution >= 4 is 47.5 Å². The van der Waals surface area contributed by atoms with Gasteiger partial charge in [-0.3, -0.25) is 4.99 Å². The van der Waals surface area contributed by atoms with Crippen molar-refractivity contribution in [1.29, 1.82) is 0 Å². The fraction of sp³-hybridized carbons (Fsp3) is 0.647. The molecule has 0 amide bonds. The molecule has 0 radical (unpaired) electrons. The second-order valence-corrected chi connectivity index (χ2v) is 6.58. The van der Waals surface area contributed by atoms with Gasteiger partial charge in [-0.05, 0) is 50.3 Å². The van der Waals surface area contributed by atoms with E-state index in [4.69, 9.17) is 0 Å². The molecule has 1 heterocycles. The van der Waals surface area contributed by atoms with Crippen molar-refractivity contribution in [2.45, 2.75) is 32.4 Å². The molecule has 1 aromatic rings. The molecule has 0 saturated carbocycles. The molecule has 156 valence electrons. The second kappa shape index (κ2) is 15.1. The smallest absolute Gasteiger partial charge is 0.370 e. The van der Waals surface area contributed by atoms with Gasteiger partial charge in [0, 0.05) is 32.4 Å². The first-order valence-electron chi connectivity index (χ1n) is 8.75. The van der Waals surface area contributed by atoms with E-state index in [1.54, 1.807) is 0 Å². The van der Waals surface area contributed by atoms with Gasteiger partial charge in [-0.15, -0.1) is 24.0 Å². The van der Waals surface area contributed by atoms with E-state index in [2.05, 4.69) is 32.2 Å². The Labute approximate surface area is 180 Å². The van der Waals surface area contributed by atoms with E-state index in [1.165, 1.54) is 18.2 Å². The number of alkyl halides is 3. The molecule has 0 unspecified atom stereocenters. The summed E-state index contributed by atoms with van der Waals surface area (Å²) in [6.45, 7) is 4.91. The number of anilines is 1. The molecular formula is C17H29F3IN5S. The zero-order valence-corrected chi connectivity index (χ0v) is 18.9. The molecule has 0 aromatic carbocycles. The van der Waals surface area contributed by atoms with Crippen molar-refractivity contribution in [2.75, 3.05) is 43.5 Å². The fourth-order valence-corrected chi connectivity index (χ4v) is 2.57. The van der Waals surface area contributed by atoms with E-state index in [9.17, 15) is 13.2 Å². The van der Waals surface area contributed by atoms with Gasteiger partial charge in [0.25, 0.3) is 0 Å². The maximum absolute atomic E-state index is 12.5. The summed E-state index contributed by atoms with van der Waals surface area (Å²) in [5, 5.41) is 9.50. The molecule has 0 aliphatic heterocycles. The van der Waals surface area contributed by atoms with Gasteiger partial charge in [-0.2, -0.15) is 24.9 Å². The molecular weight excluding hydrogens is 490 g/mol. The summed E-state index contributed by atoms with van der Waals surface area (Å²) < 4.78 is 37.4. The lowest BCUT2D eigenvalue weighted by molar-refractivity contribution is -0.137. The molecule has 1 rings (SSSR count). The molecule has 5 nitrogen and oxygen atoms in total. The van der Waals surface area contributed by atoms with Crippen LogP contribution in [-0.4, -0.2) is 49.1 Å². The highest BCUT2D eigenvalue weighted by atomic mass is 127. The zero-order chi connectivity index (χ0) is 19.3. The quantitative estimate of drug-likeness (QED) is 0.177. The number of thioether (sulfide) groups is 1. The standard InChI is InChI=1S/C17H28F3N5S.HI/c1-3-21-16(23-9-4-5-12-26-2)24-11-6-10-22-15-8-7-14(13-25-15)17(18,19)20;/h7-8,13H,3-6,9-12H2,1-2H3,(H,22,25)(H2,21,23,24);1H. The van der Waals surface area contributed by atoms with Crippen molar-refractivity contribution in [1.82, 2.24) is 15.6 Å². The predicted octanol–water partition coefficient (Wildman–Crippen LogP) is 4.22. The lowest BCUT2D eigenvalue weighted by atomic mass is 10.3. The average molecular weight is 519 g/mol. The Morgan fingerprint density at radius 3 is 2.52 bits per heavy atom. The van der Waals surface area contributed by atoms with Gasteiger partial charge in [0.05, 0.1) is 5.56 Å². The van der Waals surface area contributed by atoms with Crippen molar-refractivity contribution in [3.8, 4) is 0 Å². The maximum Gasteiger partial charge on any atom is 0.417 e. The Balaban J connectivity index is 0.00000676. The van der Waals surface area contributed by atoms with Gasteiger partial charge in [-0.25, -0.2) is 4.98 Å². The SMILES string of the molecule is CCNC(=NCCCNc1ccc(C(F)(F)F)cn1)NCCCCSC.I. The third-order valence-corrected chi connectivity index (χ3v) is 4.11. The van der Waals surface area contributed by atoms with E-state index < -0.39 is 11.7 Å². The predicted molar refractivity (Wildman–Crippen MR) is 119 cm³/mol. The van der Waals surface area contributed by atoms with Crippen LogP contribution >= 0.6 is 35.7 Å². The molecule has 0 aliphatic rings. The number of nitrogens with zero attached hydrogens (tertiary/aromatic N) is 2. The van der Waals surface area contributed by atoms with Crippen LogP contribution in [0.15, 0.2) is 23.3 Å². The molecule has 0 fully saturated rings. The van der Waals surface area contributed by atoms with Crippen molar-refractivity contribution in [3.05, 3.63) is 23.9 Å². The Bertz CT molecular complexity index is 526. The maximum atomic E-state index is 12.5. The molecule has 0 spiro atoms. The third kappa shape index (κ3) is 12.2. The number of halogens is 4. The van der Waals surface area contributed by atoms with E-state index in [1.807, 2.05) is 18.7 Å². The van der Waals surface area contributed by atoms with Crippen LogP contribution in [0.25, 0.3) is 0 Å². The number of rotatable bonds is 11. The summed E-state index contributed by atoms with van der Waals surface area (Å²) in [4.78, 5) is 8.27. The Hall–Kier alpha value is -0.910. The summed E-state index contributed by atoms with van der Waals surface area (Å²) in [6.07, 6.45) is 1.62. The van der Waals surface area contributed by atoms with E-state index >= 15 is 0 Å². The Kier molecular flexibility index (Phi) is 14.6. The molecule has 3 N–H and O–H groups in total. The number of unbranched alkanes of at least 4 members (excludes halogenated alkanes) is 1. The minimum atomic E-state index is -4.36. The van der Waals surface area contributed by atoms with Crippen LogP contribution in [0.2, 0.25) is 0 Å². The largest absolute Gasteiger partial charge is 0.417 e. The lowest BCUT2D eigenvalue weighted by Gasteiger charge is -2.11. The van der Waals surface area contributed by atoms with Crippen LogP contribution in [-0.2, 0) is 6.18 Å². The summed E-state index contributed by atoms with van der Waals surface area (Å²) >= 11 is 1.85. The number of hydrogen-bond donors (Lipinski definition) is 3. The second-order valence-electron chi connectivity index (χ2n) is 5.60. The first-order valence-corrected chi connectivity index (χ1v) is 10.1. The van der Waals surface area contributed by atoms with Crippen LogP contribution in [0, 0.1) is 0 Å². The molecule has 0 atom stereocenters. The number of nitrogens with one attached hydrogen (secondary N) is 3. The number of aliphatic imine (C=N–C) groups is 1. The van der Waals surface area contributed by atoms with Gasteiger partial charge in [0.15, 0.2) is 5.96 Å². The van der Waals surface area contributed by atoms with Crippen molar-refractivity contribution in [2.24, 2.45) is 4.99 Å². The van der Waals surface area contributed by atoms with Crippen LogP contribution in [0.3, 0.4) is 0 Å². The molecule has 1 aromatic heterocycles. The molecule has 0 bridgehead atoms. The first-order chi connectivity index (χ1) is 12.5. The van der Waals surface area contributed by atoms with Crippen molar-refractivity contribution in [3.63, 3.8) is 0 Å². The molecule has 27 heavy (non-hydrogen) atoms. The highest BCUT2D eigenvalue weighted by Gasteiger charge is 2.30. The first kappa shape index (κ1) is 26.1. The molecule has 0 aliphatic carbocycles. The van der Waals surface area contributed by atoms with Crippen LogP contribution in [0.5, 0.6) is 0 Å². The highest BCUT2D eigenvalue weighted by molar-refractivity contribution is 14.0. The summed E-state index contributed by atoms with van der Waals surface area (Å²) in [6, 6.07) is 2.37. The van der Waals surface area contributed by atoms with Gasteiger partial charge in [0.1, 0.15) is 5.82 Å². The van der Waals surface area contributed by atoms with Crippen LogP contribution < -0.4 is 16.0 Å². The number of hydrogen-bond acceptors (Lipinski definition) is 4. The Morgan fingerprint density at radius 1 is 1.15 bits per heavy atom. The molecule has 0 saturated heterocycles. The normalized spacial score (nSPS) is 11.7. The lowest BCUT2D eigenvalue weighted by Crippen LogP contribution is -2.38. The summed E-state index contributed by atoms with van der Waals surface area (Å²) in [7, 11) is 0. The number of pyridine rings is 1.